The fourth-order valence-electron chi connectivity index (χ4n) is 2.90. The topological polar surface area (TPSA) is 12.9 Å². The van der Waals surface area contributed by atoms with Crippen LogP contribution < -0.4 is 0 Å². The molecular formula is C20H15N. The van der Waals surface area contributed by atoms with Gasteiger partial charge in [-0.15, -0.1) is 0 Å². The SMILES string of the molecule is c1ccc(Cc2nc3ccccc3c3ccccc23)cc1. The Labute approximate surface area is 123 Å². The summed E-state index contributed by atoms with van der Waals surface area (Å²) in [5.41, 5.74) is 3.52. The molecule has 1 heteroatoms. The van der Waals surface area contributed by atoms with E-state index >= 15 is 0 Å². The van der Waals surface area contributed by atoms with E-state index in [0.29, 0.717) is 0 Å². The van der Waals surface area contributed by atoms with Gasteiger partial charge in [0.05, 0.1) is 11.2 Å². The Hall–Kier alpha value is -2.67. The first-order valence-electron chi connectivity index (χ1n) is 7.22. The number of aromatic nitrogens is 1. The normalized spacial score (nSPS) is 11.0. The highest BCUT2D eigenvalue weighted by Gasteiger charge is 2.08. The molecule has 0 spiro atoms. The minimum Gasteiger partial charge on any atom is -0.252 e. The highest BCUT2D eigenvalue weighted by atomic mass is 14.7. The molecule has 0 fully saturated rings. The van der Waals surface area contributed by atoms with Gasteiger partial charge in [0, 0.05) is 17.2 Å². The molecule has 0 bridgehead atoms. The predicted octanol–water partition coefficient (Wildman–Crippen LogP) is 4.98. The summed E-state index contributed by atoms with van der Waals surface area (Å²) >= 11 is 0. The largest absolute Gasteiger partial charge is 0.252 e. The van der Waals surface area contributed by atoms with E-state index in [1.807, 2.05) is 0 Å². The molecule has 4 rings (SSSR count). The highest BCUT2D eigenvalue weighted by Crippen LogP contribution is 2.27. The summed E-state index contributed by atoms with van der Waals surface area (Å²) in [4.78, 5) is 4.90. The third-order valence-electron chi connectivity index (χ3n) is 3.90. The molecule has 1 aromatic heterocycles. The monoisotopic (exact) mass is 269 g/mol. The van der Waals surface area contributed by atoms with Gasteiger partial charge in [0.25, 0.3) is 0 Å². The molecule has 0 saturated heterocycles. The van der Waals surface area contributed by atoms with E-state index in [0.717, 1.165) is 17.6 Å². The number of rotatable bonds is 2. The summed E-state index contributed by atoms with van der Waals surface area (Å²) in [6.07, 6.45) is 0.867. The van der Waals surface area contributed by atoms with Crippen molar-refractivity contribution < 1.29 is 0 Å². The van der Waals surface area contributed by atoms with Crippen molar-refractivity contribution in [2.75, 3.05) is 0 Å². The van der Waals surface area contributed by atoms with Crippen molar-refractivity contribution in [1.82, 2.24) is 4.98 Å². The standard InChI is InChI=1S/C20H15N/c1-2-8-15(9-3-1)14-20-18-12-5-4-10-16(18)17-11-6-7-13-19(17)21-20/h1-13H,14H2. The lowest BCUT2D eigenvalue weighted by Gasteiger charge is -2.09. The van der Waals surface area contributed by atoms with E-state index < -0.39 is 0 Å². The van der Waals surface area contributed by atoms with Crippen LogP contribution in [-0.4, -0.2) is 4.98 Å². The lowest BCUT2D eigenvalue weighted by atomic mass is 10.0. The van der Waals surface area contributed by atoms with Crippen LogP contribution in [0.2, 0.25) is 0 Å². The second-order valence-electron chi connectivity index (χ2n) is 5.28. The van der Waals surface area contributed by atoms with Crippen molar-refractivity contribution in [2.24, 2.45) is 0 Å². The van der Waals surface area contributed by atoms with Gasteiger partial charge in [0.1, 0.15) is 0 Å². The first kappa shape index (κ1) is 12.1. The minimum atomic E-state index is 0.867. The third kappa shape index (κ3) is 2.17. The van der Waals surface area contributed by atoms with Crippen LogP contribution in [0.15, 0.2) is 78.9 Å². The fourth-order valence-corrected chi connectivity index (χ4v) is 2.90. The Morgan fingerprint density at radius 3 is 2.00 bits per heavy atom. The molecule has 0 aliphatic rings. The van der Waals surface area contributed by atoms with Crippen LogP contribution in [0.25, 0.3) is 21.7 Å². The molecule has 0 amide bonds. The molecule has 1 nitrogen and oxygen atoms in total. The van der Waals surface area contributed by atoms with Crippen LogP contribution >= 0.6 is 0 Å². The summed E-state index contributed by atoms with van der Waals surface area (Å²) in [6, 6.07) is 27.5. The van der Waals surface area contributed by atoms with Crippen LogP contribution in [0.5, 0.6) is 0 Å². The maximum absolute atomic E-state index is 4.90. The molecule has 0 aliphatic heterocycles. The number of hydrogen-bond donors (Lipinski definition) is 0. The van der Waals surface area contributed by atoms with Gasteiger partial charge in [-0.25, -0.2) is 0 Å². The molecule has 0 unspecified atom stereocenters. The summed E-state index contributed by atoms with van der Waals surface area (Å²) in [5, 5.41) is 3.76. The number of benzene rings is 3. The number of nitrogens with zero attached hydrogens (tertiary/aromatic N) is 1. The summed E-state index contributed by atoms with van der Waals surface area (Å²) in [7, 11) is 0. The maximum atomic E-state index is 4.90. The molecule has 21 heavy (non-hydrogen) atoms. The van der Waals surface area contributed by atoms with Crippen LogP contribution in [0.4, 0.5) is 0 Å². The summed E-state index contributed by atoms with van der Waals surface area (Å²) in [6.45, 7) is 0. The zero-order valence-corrected chi connectivity index (χ0v) is 11.7. The molecule has 0 radical (unpaired) electrons. The van der Waals surface area contributed by atoms with E-state index in [2.05, 4.69) is 78.9 Å². The molecule has 1 heterocycles. The smallest absolute Gasteiger partial charge is 0.0711 e. The zero-order valence-electron chi connectivity index (χ0n) is 11.7. The van der Waals surface area contributed by atoms with Gasteiger partial charge in [-0.05, 0) is 17.0 Å². The Kier molecular flexibility index (Phi) is 2.89. The van der Waals surface area contributed by atoms with Gasteiger partial charge in [0.15, 0.2) is 0 Å². The molecule has 0 saturated carbocycles. The quantitative estimate of drug-likeness (QED) is 0.468. The number of hydrogen-bond acceptors (Lipinski definition) is 1. The van der Waals surface area contributed by atoms with Gasteiger partial charge < -0.3 is 0 Å². The first-order valence-corrected chi connectivity index (χ1v) is 7.22. The molecule has 0 atom stereocenters. The van der Waals surface area contributed by atoms with Gasteiger partial charge >= 0.3 is 0 Å². The summed E-state index contributed by atoms with van der Waals surface area (Å²) < 4.78 is 0. The van der Waals surface area contributed by atoms with Gasteiger partial charge in [0.2, 0.25) is 0 Å². The van der Waals surface area contributed by atoms with Crippen molar-refractivity contribution >= 4 is 21.7 Å². The fraction of sp³-hybridized carbons (Fsp3) is 0.0500. The van der Waals surface area contributed by atoms with E-state index in [1.165, 1.54) is 21.7 Å². The van der Waals surface area contributed by atoms with Gasteiger partial charge in [-0.3, -0.25) is 4.98 Å². The van der Waals surface area contributed by atoms with E-state index in [4.69, 9.17) is 4.98 Å². The maximum Gasteiger partial charge on any atom is 0.0711 e. The molecule has 0 N–H and O–H groups in total. The molecule has 100 valence electrons. The highest BCUT2D eigenvalue weighted by molar-refractivity contribution is 6.06. The number of fused-ring (bicyclic) bond motifs is 3. The van der Waals surface area contributed by atoms with Gasteiger partial charge in [-0.2, -0.15) is 0 Å². The average Bonchev–Trinajstić information content (AvgIpc) is 2.56. The molecule has 3 aromatic carbocycles. The molecular weight excluding hydrogens is 254 g/mol. The van der Waals surface area contributed by atoms with Crippen molar-refractivity contribution in [3.8, 4) is 0 Å². The lowest BCUT2D eigenvalue weighted by molar-refractivity contribution is 1.12. The van der Waals surface area contributed by atoms with Crippen LogP contribution in [-0.2, 0) is 6.42 Å². The van der Waals surface area contributed by atoms with Crippen molar-refractivity contribution in [2.45, 2.75) is 6.42 Å². The average molecular weight is 269 g/mol. The Balaban J connectivity index is 1.98. The second-order valence-corrected chi connectivity index (χ2v) is 5.28. The van der Waals surface area contributed by atoms with Gasteiger partial charge in [-0.1, -0.05) is 72.8 Å². The predicted molar refractivity (Wildman–Crippen MR) is 88.5 cm³/mol. The Morgan fingerprint density at radius 2 is 1.19 bits per heavy atom. The van der Waals surface area contributed by atoms with Crippen LogP contribution in [0, 0.1) is 0 Å². The zero-order chi connectivity index (χ0) is 14.1. The number of para-hydroxylation sites is 1. The summed E-state index contributed by atoms with van der Waals surface area (Å²) in [5.74, 6) is 0. The second kappa shape index (κ2) is 5.02. The number of pyridine rings is 1. The van der Waals surface area contributed by atoms with Crippen molar-refractivity contribution in [1.29, 1.82) is 0 Å². The Bertz CT molecular complexity index is 910. The first-order chi connectivity index (χ1) is 10.4. The molecule has 4 aromatic rings. The van der Waals surface area contributed by atoms with Crippen molar-refractivity contribution in [3.63, 3.8) is 0 Å². The third-order valence-corrected chi connectivity index (χ3v) is 3.90. The lowest BCUT2D eigenvalue weighted by Crippen LogP contribution is -1.95. The minimum absolute atomic E-state index is 0.867. The Morgan fingerprint density at radius 1 is 0.571 bits per heavy atom. The van der Waals surface area contributed by atoms with E-state index in [9.17, 15) is 0 Å². The van der Waals surface area contributed by atoms with Crippen LogP contribution in [0.1, 0.15) is 11.3 Å². The van der Waals surface area contributed by atoms with Crippen molar-refractivity contribution in [3.05, 3.63) is 90.1 Å². The molecule has 0 aliphatic carbocycles. The van der Waals surface area contributed by atoms with Crippen LogP contribution in [0.3, 0.4) is 0 Å². The van der Waals surface area contributed by atoms with E-state index in [-0.39, 0.29) is 0 Å². The van der Waals surface area contributed by atoms with E-state index in [1.54, 1.807) is 0 Å².